The average molecular weight is 194 g/mol. The Hall–Kier alpha value is -1.23. The van der Waals surface area contributed by atoms with Crippen LogP contribution < -0.4 is 5.73 Å². The summed E-state index contributed by atoms with van der Waals surface area (Å²) in [7, 11) is 0. The molecule has 76 valence electrons. The number of hydrogen-bond donors (Lipinski definition) is 1. The molecule has 0 radical (unpaired) electrons. The predicted octanol–water partition coefficient (Wildman–Crippen LogP) is 0.656. The number of nitrogens with zero attached hydrogens (tertiary/aromatic N) is 3. The van der Waals surface area contributed by atoms with Gasteiger partial charge in [0.1, 0.15) is 11.6 Å². The Morgan fingerprint density at radius 3 is 2.86 bits per heavy atom. The lowest BCUT2D eigenvalue weighted by Gasteiger charge is -2.20. The second-order valence-corrected chi connectivity index (χ2v) is 3.51. The van der Waals surface area contributed by atoms with Crippen LogP contribution in [0.1, 0.15) is 30.4 Å². The van der Waals surface area contributed by atoms with Crippen molar-refractivity contribution >= 4 is 5.95 Å². The third-order valence-corrected chi connectivity index (χ3v) is 2.31. The molecule has 2 N–H and O–H groups in total. The molecule has 14 heavy (non-hydrogen) atoms. The fraction of sp³-hybridized carbons (Fsp3) is 0.667. The van der Waals surface area contributed by atoms with Gasteiger partial charge in [0.05, 0.1) is 6.61 Å². The van der Waals surface area contributed by atoms with Crippen molar-refractivity contribution in [3.8, 4) is 0 Å². The summed E-state index contributed by atoms with van der Waals surface area (Å²) in [5.41, 5.74) is 5.56. The van der Waals surface area contributed by atoms with Gasteiger partial charge in [-0.2, -0.15) is 9.97 Å². The van der Waals surface area contributed by atoms with Crippen molar-refractivity contribution in [2.75, 3.05) is 18.9 Å². The van der Waals surface area contributed by atoms with Crippen molar-refractivity contribution in [1.82, 2.24) is 15.0 Å². The minimum atomic E-state index is 0.285. The van der Waals surface area contributed by atoms with E-state index in [2.05, 4.69) is 15.0 Å². The number of aryl methyl sites for hydroxylation is 1. The smallest absolute Gasteiger partial charge is 0.223 e. The molecular formula is C9H14N4O. The van der Waals surface area contributed by atoms with Crippen molar-refractivity contribution in [3.05, 3.63) is 11.6 Å². The second kappa shape index (κ2) is 3.88. The Labute approximate surface area is 82.7 Å². The zero-order valence-electron chi connectivity index (χ0n) is 8.23. The van der Waals surface area contributed by atoms with Gasteiger partial charge in [0.2, 0.25) is 5.95 Å². The molecule has 1 aromatic heterocycles. The monoisotopic (exact) mass is 194 g/mol. The van der Waals surface area contributed by atoms with Crippen LogP contribution in [0.2, 0.25) is 0 Å². The van der Waals surface area contributed by atoms with Crippen LogP contribution >= 0.6 is 0 Å². The molecule has 1 fully saturated rings. The molecule has 0 aliphatic carbocycles. The fourth-order valence-corrected chi connectivity index (χ4v) is 1.65. The number of aromatic nitrogens is 3. The van der Waals surface area contributed by atoms with Crippen LogP contribution in [-0.2, 0) is 4.74 Å². The Morgan fingerprint density at radius 2 is 2.21 bits per heavy atom. The van der Waals surface area contributed by atoms with Gasteiger partial charge in [-0.05, 0) is 19.8 Å². The number of nitrogen functional groups attached to an aromatic ring is 1. The van der Waals surface area contributed by atoms with E-state index in [-0.39, 0.29) is 5.92 Å². The van der Waals surface area contributed by atoms with E-state index in [1.54, 1.807) is 0 Å². The summed E-state index contributed by atoms with van der Waals surface area (Å²) >= 11 is 0. The van der Waals surface area contributed by atoms with E-state index in [4.69, 9.17) is 10.5 Å². The molecule has 0 saturated carbocycles. The highest BCUT2D eigenvalue weighted by molar-refractivity contribution is 5.17. The van der Waals surface area contributed by atoms with E-state index in [1.165, 1.54) is 0 Å². The zero-order valence-corrected chi connectivity index (χ0v) is 8.23. The van der Waals surface area contributed by atoms with Gasteiger partial charge in [-0.25, -0.2) is 4.98 Å². The van der Waals surface area contributed by atoms with E-state index < -0.39 is 0 Å². The molecule has 0 aromatic carbocycles. The molecule has 5 heteroatoms. The average Bonchev–Trinajstić information content (AvgIpc) is 2.18. The van der Waals surface area contributed by atoms with Crippen LogP contribution in [0.5, 0.6) is 0 Å². The molecule has 0 amide bonds. The van der Waals surface area contributed by atoms with Gasteiger partial charge in [-0.1, -0.05) is 0 Å². The summed E-state index contributed by atoms with van der Waals surface area (Å²) in [4.78, 5) is 12.4. The molecule has 0 spiro atoms. The van der Waals surface area contributed by atoms with E-state index >= 15 is 0 Å². The number of nitrogens with two attached hydrogens (primary N) is 1. The SMILES string of the molecule is Cc1nc(N)nc(C2CCCOC2)n1. The van der Waals surface area contributed by atoms with Crippen LogP contribution in [0.4, 0.5) is 5.95 Å². The first-order valence-corrected chi connectivity index (χ1v) is 4.81. The molecule has 0 bridgehead atoms. The fourth-order valence-electron chi connectivity index (χ4n) is 1.65. The highest BCUT2D eigenvalue weighted by Gasteiger charge is 2.19. The molecule has 2 rings (SSSR count). The summed E-state index contributed by atoms with van der Waals surface area (Å²) in [5.74, 6) is 2.04. The van der Waals surface area contributed by atoms with E-state index in [0.717, 1.165) is 25.3 Å². The molecule has 1 unspecified atom stereocenters. The molecule has 2 heterocycles. The quantitative estimate of drug-likeness (QED) is 0.710. The van der Waals surface area contributed by atoms with Crippen LogP contribution in [0.3, 0.4) is 0 Å². The van der Waals surface area contributed by atoms with E-state index in [0.29, 0.717) is 18.4 Å². The van der Waals surface area contributed by atoms with E-state index in [1.807, 2.05) is 6.92 Å². The molecule has 1 aromatic rings. The lowest BCUT2D eigenvalue weighted by molar-refractivity contribution is 0.0780. The topological polar surface area (TPSA) is 73.9 Å². The third-order valence-electron chi connectivity index (χ3n) is 2.31. The molecule has 1 aliphatic heterocycles. The molecule has 1 atom stereocenters. The predicted molar refractivity (Wildman–Crippen MR) is 51.8 cm³/mol. The summed E-state index contributed by atoms with van der Waals surface area (Å²) in [6.07, 6.45) is 2.14. The highest BCUT2D eigenvalue weighted by atomic mass is 16.5. The van der Waals surface area contributed by atoms with Gasteiger partial charge in [-0.15, -0.1) is 0 Å². The van der Waals surface area contributed by atoms with Gasteiger partial charge in [-0.3, -0.25) is 0 Å². The standard InChI is InChI=1S/C9H14N4O/c1-6-11-8(13-9(10)12-6)7-3-2-4-14-5-7/h7H,2-5H2,1H3,(H2,10,11,12,13). The number of ether oxygens (including phenoxy) is 1. The van der Waals surface area contributed by atoms with Crippen LogP contribution in [0.25, 0.3) is 0 Å². The van der Waals surface area contributed by atoms with Crippen molar-refractivity contribution in [1.29, 1.82) is 0 Å². The lowest BCUT2D eigenvalue weighted by atomic mass is 10.0. The third kappa shape index (κ3) is 1.98. The Morgan fingerprint density at radius 1 is 1.36 bits per heavy atom. The maximum atomic E-state index is 5.56. The zero-order chi connectivity index (χ0) is 9.97. The minimum Gasteiger partial charge on any atom is -0.381 e. The van der Waals surface area contributed by atoms with Crippen LogP contribution in [-0.4, -0.2) is 28.2 Å². The first kappa shape index (κ1) is 9.33. The number of anilines is 1. The molecule has 5 nitrogen and oxygen atoms in total. The molecule has 1 saturated heterocycles. The Kier molecular flexibility index (Phi) is 2.58. The Balaban J connectivity index is 2.21. The summed E-state index contributed by atoms with van der Waals surface area (Å²) < 4.78 is 5.38. The van der Waals surface area contributed by atoms with Gasteiger partial charge < -0.3 is 10.5 Å². The summed E-state index contributed by atoms with van der Waals surface area (Å²) in [6.45, 7) is 3.37. The highest BCUT2D eigenvalue weighted by Crippen LogP contribution is 2.22. The first-order valence-electron chi connectivity index (χ1n) is 4.81. The first-order chi connectivity index (χ1) is 6.75. The maximum absolute atomic E-state index is 5.56. The van der Waals surface area contributed by atoms with Crippen LogP contribution in [0.15, 0.2) is 0 Å². The lowest BCUT2D eigenvalue weighted by Crippen LogP contribution is -2.19. The largest absolute Gasteiger partial charge is 0.381 e. The summed E-state index contributed by atoms with van der Waals surface area (Å²) in [6, 6.07) is 0. The Bertz CT molecular complexity index is 302. The van der Waals surface area contributed by atoms with Crippen molar-refractivity contribution in [2.45, 2.75) is 25.7 Å². The van der Waals surface area contributed by atoms with E-state index in [9.17, 15) is 0 Å². The van der Waals surface area contributed by atoms with Crippen LogP contribution in [0, 0.1) is 6.92 Å². The van der Waals surface area contributed by atoms with Crippen molar-refractivity contribution < 1.29 is 4.74 Å². The van der Waals surface area contributed by atoms with Crippen molar-refractivity contribution in [3.63, 3.8) is 0 Å². The van der Waals surface area contributed by atoms with Crippen molar-refractivity contribution in [2.24, 2.45) is 0 Å². The molecule has 1 aliphatic rings. The summed E-state index contributed by atoms with van der Waals surface area (Å²) in [5, 5.41) is 0. The van der Waals surface area contributed by atoms with Gasteiger partial charge in [0.25, 0.3) is 0 Å². The number of hydrogen-bond acceptors (Lipinski definition) is 5. The number of rotatable bonds is 1. The minimum absolute atomic E-state index is 0.285. The van der Waals surface area contributed by atoms with Gasteiger partial charge >= 0.3 is 0 Å². The van der Waals surface area contributed by atoms with Gasteiger partial charge in [0, 0.05) is 12.5 Å². The maximum Gasteiger partial charge on any atom is 0.223 e. The molecular weight excluding hydrogens is 180 g/mol. The normalized spacial score (nSPS) is 22.2. The second-order valence-electron chi connectivity index (χ2n) is 3.51. The van der Waals surface area contributed by atoms with Gasteiger partial charge in [0.15, 0.2) is 0 Å².